The Balaban J connectivity index is 2.06. The second kappa shape index (κ2) is 9.07. The number of carbonyl (C=O) groups is 2. The van der Waals surface area contributed by atoms with Gasteiger partial charge in [-0.1, -0.05) is 18.2 Å². The second-order valence-electron chi connectivity index (χ2n) is 6.55. The molecule has 1 aromatic carbocycles. The van der Waals surface area contributed by atoms with Crippen molar-refractivity contribution in [3.05, 3.63) is 35.4 Å². The number of alkyl halides is 3. The molecule has 1 saturated heterocycles. The number of carboxylic acid groups (broad SMARTS) is 1. The molecule has 2 rings (SSSR count). The average Bonchev–Trinajstić information content (AvgIpc) is 2.61. The van der Waals surface area contributed by atoms with Crippen molar-refractivity contribution in [1.29, 1.82) is 0 Å². The molecular weight excluding hydrogens is 363 g/mol. The molecule has 1 fully saturated rings. The summed E-state index contributed by atoms with van der Waals surface area (Å²) in [7, 11) is 0. The Hall–Kier alpha value is -2.29. The third kappa shape index (κ3) is 6.13. The van der Waals surface area contributed by atoms with Crippen LogP contribution < -0.4 is 5.32 Å². The Morgan fingerprint density at radius 1 is 1.30 bits per heavy atom. The molecule has 0 bridgehead atoms. The first-order chi connectivity index (χ1) is 12.7. The van der Waals surface area contributed by atoms with Gasteiger partial charge in [-0.15, -0.1) is 0 Å². The number of urea groups is 1. The quantitative estimate of drug-likeness (QED) is 0.787. The Labute approximate surface area is 155 Å². The number of amides is 2. The van der Waals surface area contributed by atoms with Gasteiger partial charge in [0, 0.05) is 32.2 Å². The van der Waals surface area contributed by atoms with E-state index in [4.69, 9.17) is 0 Å². The zero-order valence-corrected chi connectivity index (χ0v) is 15.1. The van der Waals surface area contributed by atoms with Crippen molar-refractivity contribution in [1.82, 2.24) is 15.1 Å². The van der Waals surface area contributed by atoms with Crippen molar-refractivity contribution in [2.45, 2.75) is 38.5 Å². The van der Waals surface area contributed by atoms with Gasteiger partial charge in [-0.05, 0) is 31.4 Å². The van der Waals surface area contributed by atoms with Gasteiger partial charge in [0.1, 0.15) is 0 Å². The van der Waals surface area contributed by atoms with Crippen LogP contribution in [-0.2, 0) is 17.5 Å². The largest absolute Gasteiger partial charge is 0.480 e. The van der Waals surface area contributed by atoms with Gasteiger partial charge in [-0.3, -0.25) is 9.69 Å². The smallest absolute Gasteiger partial charge is 0.416 e. The maximum atomic E-state index is 12.9. The molecule has 0 atom stereocenters. The van der Waals surface area contributed by atoms with Crippen LogP contribution in [0.5, 0.6) is 0 Å². The van der Waals surface area contributed by atoms with Crippen LogP contribution in [-0.4, -0.2) is 59.1 Å². The summed E-state index contributed by atoms with van der Waals surface area (Å²) in [6.07, 6.45) is -3.29. The van der Waals surface area contributed by atoms with Crippen LogP contribution >= 0.6 is 0 Å². The lowest BCUT2D eigenvalue weighted by atomic mass is 10.0. The Bertz CT molecular complexity index is 659. The van der Waals surface area contributed by atoms with E-state index >= 15 is 0 Å². The van der Waals surface area contributed by atoms with E-state index in [2.05, 4.69) is 5.32 Å². The molecule has 0 unspecified atom stereocenters. The van der Waals surface area contributed by atoms with Gasteiger partial charge in [0.05, 0.1) is 12.1 Å². The first-order valence-corrected chi connectivity index (χ1v) is 8.85. The molecule has 6 nitrogen and oxygen atoms in total. The molecule has 0 aromatic heterocycles. The summed E-state index contributed by atoms with van der Waals surface area (Å²) in [4.78, 5) is 26.4. The fourth-order valence-electron chi connectivity index (χ4n) is 3.27. The maximum absolute atomic E-state index is 12.9. The number of piperidine rings is 1. The lowest BCUT2D eigenvalue weighted by molar-refractivity contribution is -0.140. The molecule has 2 amide bonds. The number of nitrogens with zero attached hydrogens (tertiary/aromatic N) is 2. The molecule has 1 aliphatic rings. The SMILES string of the molecule is CCNC(=O)N1CCC(N(CC(=O)O)Cc2cccc(C(F)(F)F)c2)CC1. The zero-order valence-electron chi connectivity index (χ0n) is 15.1. The van der Waals surface area contributed by atoms with E-state index in [0.717, 1.165) is 12.1 Å². The van der Waals surface area contributed by atoms with Crippen LogP contribution in [0.4, 0.5) is 18.0 Å². The van der Waals surface area contributed by atoms with Crippen molar-refractivity contribution >= 4 is 12.0 Å². The molecule has 1 aromatic rings. The van der Waals surface area contributed by atoms with Crippen molar-refractivity contribution in [2.24, 2.45) is 0 Å². The van der Waals surface area contributed by atoms with Crippen LogP contribution in [0.2, 0.25) is 0 Å². The fraction of sp³-hybridized carbons (Fsp3) is 0.556. The molecule has 2 N–H and O–H groups in total. The summed E-state index contributed by atoms with van der Waals surface area (Å²) >= 11 is 0. The highest BCUT2D eigenvalue weighted by molar-refractivity contribution is 5.74. The van der Waals surface area contributed by atoms with Crippen LogP contribution in [0.15, 0.2) is 24.3 Å². The molecule has 0 aliphatic carbocycles. The van der Waals surface area contributed by atoms with Crippen LogP contribution in [0.1, 0.15) is 30.9 Å². The zero-order chi connectivity index (χ0) is 20.0. The molecule has 150 valence electrons. The van der Waals surface area contributed by atoms with Gasteiger partial charge >= 0.3 is 18.2 Å². The van der Waals surface area contributed by atoms with Gasteiger partial charge in [0.25, 0.3) is 0 Å². The number of rotatable bonds is 6. The minimum atomic E-state index is -4.44. The number of hydrogen-bond donors (Lipinski definition) is 2. The monoisotopic (exact) mass is 387 g/mol. The first kappa shape index (κ1) is 21.0. The molecule has 1 aliphatic heterocycles. The van der Waals surface area contributed by atoms with Crippen molar-refractivity contribution in [2.75, 3.05) is 26.2 Å². The van der Waals surface area contributed by atoms with Crippen molar-refractivity contribution in [3.63, 3.8) is 0 Å². The second-order valence-corrected chi connectivity index (χ2v) is 6.55. The van der Waals surface area contributed by atoms with E-state index in [0.29, 0.717) is 38.0 Å². The fourth-order valence-corrected chi connectivity index (χ4v) is 3.27. The number of nitrogens with one attached hydrogen (secondary N) is 1. The predicted molar refractivity (Wildman–Crippen MR) is 93.2 cm³/mol. The standard InChI is InChI=1S/C18H24F3N3O3/c1-2-22-17(27)23-8-6-15(7-9-23)24(12-16(25)26)11-13-4-3-5-14(10-13)18(19,20)21/h3-5,10,15H,2,6-9,11-12H2,1H3,(H,22,27)(H,25,26). The molecule has 0 radical (unpaired) electrons. The summed E-state index contributed by atoms with van der Waals surface area (Å²) in [6.45, 7) is 3.17. The van der Waals surface area contributed by atoms with Crippen LogP contribution in [0.25, 0.3) is 0 Å². The average molecular weight is 387 g/mol. The minimum Gasteiger partial charge on any atom is -0.480 e. The normalized spacial score (nSPS) is 15.8. The third-order valence-electron chi connectivity index (χ3n) is 4.57. The maximum Gasteiger partial charge on any atom is 0.416 e. The van der Waals surface area contributed by atoms with Crippen molar-refractivity contribution in [3.8, 4) is 0 Å². The first-order valence-electron chi connectivity index (χ1n) is 8.85. The Kier molecular flexibility index (Phi) is 7.06. The summed E-state index contributed by atoms with van der Waals surface area (Å²) in [5.74, 6) is -1.03. The Morgan fingerprint density at radius 2 is 1.96 bits per heavy atom. The summed E-state index contributed by atoms with van der Waals surface area (Å²) in [6, 6.07) is 4.68. The highest BCUT2D eigenvalue weighted by Gasteiger charge is 2.31. The summed E-state index contributed by atoms with van der Waals surface area (Å²) < 4.78 is 38.7. The number of carboxylic acids is 1. The van der Waals surface area contributed by atoms with E-state index in [1.807, 2.05) is 6.92 Å². The number of hydrogen-bond acceptors (Lipinski definition) is 3. The molecule has 9 heteroatoms. The van der Waals surface area contributed by atoms with E-state index in [-0.39, 0.29) is 25.2 Å². The van der Waals surface area contributed by atoms with Crippen LogP contribution in [0, 0.1) is 0 Å². The number of likely N-dealkylation sites (tertiary alicyclic amines) is 1. The lowest BCUT2D eigenvalue weighted by Crippen LogP contribution is -2.50. The van der Waals surface area contributed by atoms with E-state index in [1.165, 1.54) is 6.07 Å². The minimum absolute atomic E-state index is 0.110. The van der Waals surface area contributed by atoms with Gasteiger partial charge in [-0.2, -0.15) is 13.2 Å². The van der Waals surface area contributed by atoms with Gasteiger partial charge in [0.2, 0.25) is 0 Å². The third-order valence-corrected chi connectivity index (χ3v) is 4.57. The topological polar surface area (TPSA) is 72.9 Å². The number of carbonyl (C=O) groups excluding carboxylic acids is 1. The van der Waals surface area contributed by atoms with Gasteiger partial charge in [0.15, 0.2) is 0 Å². The van der Waals surface area contributed by atoms with Crippen molar-refractivity contribution < 1.29 is 27.9 Å². The van der Waals surface area contributed by atoms with E-state index < -0.39 is 17.7 Å². The van der Waals surface area contributed by atoms with Gasteiger partial charge in [-0.25, -0.2) is 4.79 Å². The molecule has 1 heterocycles. The number of benzene rings is 1. The van der Waals surface area contributed by atoms with E-state index in [9.17, 15) is 27.9 Å². The summed E-state index contributed by atoms with van der Waals surface area (Å²) in [5, 5.41) is 11.9. The lowest BCUT2D eigenvalue weighted by Gasteiger charge is -2.38. The molecule has 0 spiro atoms. The highest BCUT2D eigenvalue weighted by atomic mass is 19.4. The number of aliphatic carboxylic acids is 1. The van der Waals surface area contributed by atoms with E-state index in [1.54, 1.807) is 15.9 Å². The molecular formula is C18H24F3N3O3. The summed E-state index contributed by atoms with van der Waals surface area (Å²) in [5.41, 5.74) is -0.335. The Morgan fingerprint density at radius 3 is 2.52 bits per heavy atom. The van der Waals surface area contributed by atoms with Gasteiger partial charge < -0.3 is 15.3 Å². The predicted octanol–water partition coefficient (Wildman–Crippen LogP) is 2.79. The van der Waals surface area contributed by atoms with Crippen LogP contribution in [0.3, 0.4) is 0 Å². The number of halogens is 3. The molecule has 0 saturated carbocycles. The molecule has 27 heavy (non-hydrogen) atoms. The highest BCUT2D eigenvalue weighted by Crippen LogP contribution is 2.30.